The number of aryl methyl sites for hydroxylation is 3. The maximum Gasteiger partial charge on any atom is 0.372 e. The zero-order valence-electron chi connectivity index (χ0n) is 8.92. The molecule has 0 atom stereocenters. The van der Waals surface area contributed by atoms with E-state index in [0.29, 0.717) is 11.1 Å². The van der Waals surface area contributed by atoms with Gasteiger partial charge >= 0.3 is 5.97 Å². The molecule has 0 bridgehead atoms. The van der Waals surface area contributed by atoms with E-state index in [2.05, 4.69) is 0 Å². The summed E-state index contributed by atoms with van der Waals surface area (Å²) in [4.78, 5) is 10.9. The summed E-state index contributed by atoms with van der Waals surface area (Å²) in [5, 5.41) is 9.80. The molecule has 15 heavy (non-hydrogen) atoms. The lowest BCUT2D eigenvalue weighted by atomic mass is 10.1. The first-order valence-corrected chi connectivity index (χ1v) is 4.74. The molecule has 0 spiro atoms. The fourth-order valence-electron chi connectivity index (χ4n) is 1.68. The van der Waals surface area contributed by atoms with E-state index in [0.717, 1.165) is 16.5 Å². The standard InChI is InChI=1S/C12H12O3/c1-6-4-9-8(3)11(12(13)14)15-10(9)5-7(6)2/h4-5H,1-3H3,(H,13,14). The minimum absolute atomic E-state index is 0.0370. The molecule has 0 aliphatic rings. The van der Waals surface area contributed by atoms with Crippen molar-refractivity contribution in [1.29, 1.82) is 0 Å². The zero-order chi connectivity index (χ0) is 11.2. The Kier molecular flexibility index (Phi) is 2.03. The van der Waals surface area contributed by atoms with Crippen LogP contribution in [-0.2, 0) is 0 Å². The number of carboxylic acids is 1. The van der Waals surface area contributed by atoms with E-state index in [1.807, 2.05) is 26.0 Å². The van der Waals surface area contributed by atoms with Crippen LogP contribution in [0.25, 0.3) is 11.0 Å². The first-order valence-electron chi connectivity index (χ1n) is 4.74. The lowest BCUT2D eigenvalue weighted by Crippen LogP contribution is -1.95. The second kappa shape index (κ2) is 3.12. The number of fused-ring (bicyclic) bond motifs is 1. The van der Waals surface area contributed by atoms with Crippen LogP contribution < -0.4 is 0 Å². The Morgan fingerprint density at radius 2 is 1.80 bits per heavy atom. The Labute approximate surface area is 87.3 Å². The van der Waals surface area contributed by atoms with Crippen LogP contribution in [-0.4, -0.2) is 11.1 Å². The topological polar surface area (TPSA) is 50.4 Å². The molecule has 3 nitrogen and oxygen atoms in total. The first-order chi connectivity index (χ1) is 7.00. The molecule has 0 aliphatic heterocycles. The Bertz CT molecular complexity index is 549. The van der Waals surface area contributed by atoms with Gasteiger partial charge in [-0.25, -0.2) is 4.79 Å². The van der Waals surface area contributed by atoms with E-state index >= 15 is 0 Å². The fraction of sp³-hybridized carbons (Fsp3) is 0.250. The Balaban J connectivity index is 2.83. The molecule has 0 saturated carbocycles. The first kappa shape index (κ1) is 9.77. The largest absolute Gasteiger partial charge is 0.475 e. The van der Waals surface area contributed by atoms with Crippen molar-refractivity contribution in [3.63, 3.8) is 0 Å². The highest BCUT2D eigenvalue weighted by molar-refractivity contribution is 5.95. The molecule has 2 rings (SSSR count). The van der Waals surface area contributed by atoms with Crippen molar-refractivity contribution >= 4 is 16.9 Å². The smallest absolute Gasteiger partial charge is 0.372 e. The molecule has 2 aromatic rings. The van der Waals surface area contributed by atoms with Gasteiger partial charge in [0.15, 0.2) is 0 Å². The molecule has 0 fully saturated rings. The SMILES string of the molecule is Cc1cc2oc(C(=O)O)c(C)c2cc1C. The maximum absolute atomic E-state index is 10.9. The summed E-state index contributed by atoms with van der Waals surface area (Å²) < 4.78 is 5.30. The number of furan rings is 1. The molecule has 1 heterocycles. The van der Waals surface area contributed by atoms with Crippen LogP contribution in [0.1, 0.15) is 27.2 Å². The summed E-state index contributed by atoms with van der Waals surface area (Å²) in [6, 6.07) is 3.85. The van der Waals surface area contributed by atoms with Gasteiger partial charge in [-0.05, 0) is 44.0 Å². The monoisotopic (exact) mass is 204 g/mol. The van der Waals surface area contributed by atoms with Gasteiger partial charge in [-0.15, -0.1) is 0 Å². The van der Waals surface area contributed by atoms with Crippen molar-refractivity contribution in [2.75, 3.05) is 0 Å². The van der Waals surface area contributed by atoms with Gasteiger partial charge in [0.2, 0.25) is 5.76 Å². The van der Waals surface area contributed by atoms with E-state index in [4.69, 9.17) is 9.52 Å². The summed E-state index contributed by atoms with van der Waals surface area (Å²) in [6.45, 7) is 5.75. The second-order valence-electron chi connectivity index (χ2n) is 3.79. The molecule has 1 aromatic heterocycles. The van der Waals surface area contributed by atoms with E-state index < -0.39 is 5.97 Å². The lowest BCUT2D eigenvalue weighted by Gasteiger charge is -1.98. The van der Waals surface area contributed by atoms with Crippen LogP contribution in [0.15, 0.2) is 16.5 Å². The number of benzene rings is 1. The molecular formula is C12H12O3. The molecule has 0 saturated heterocycles. The minimum Gasteiger partial charge on any atom is -0.475 e. The van der Waals surface area contributed by atoms with Crippen LogP contribution in [0.5, 0.6) is 0 Å². The Morgan fingerprint density at radius 1 is 1.20 bits per heavy atom. The van der Waals surface area contributed by atoms with Gasteiger partial charge < -0.3 is 9.52 Å². The normalized spacial score (nSPS) is 10.9. The van der Waals surface area contributed by atoms with Gasteiger partial charge in [-0.2, -0.15) is 0 Å². The zero-order valence-corrected chi connectivity index (χ0v) is 8.92. The van der Waals surface area contributed by atoms with E-state index in [-0.39, 0.29) is 5.76 Å². The van der Waals surface area contributed by atoms with Gasteiger partial charge in [-0.3, -0.25) is 0 Å². The Hall–Kier alpha value is -1.77. The van der Waals surface area contributed by atoms with Crippen LogP contribution in [0.2, 0.25) is 0 Å². The maximum atomic E-state index is 10.9. The second-order valence-corrected chi connectivity index (χ2v) is 3.79. The van der Waals surface area contributed by atoms with Gasteiger partial charge in [-0.1, -0.05) is 0 Å². The van der Waals surface area contributed by atoms with Gasteiger partial charge in [0.25, 0.3) is 0 Å². The summed E-state index contributed by atoms with van der Waals surface area (Å²) in [5.41, 5.74) is 3.59. The quantitative estimate of drug-likeness (QED) is 0.776. The summed E-state index contributed by atoms with van der Waals surface area (Å²) in [5.74, 6) is -0.978. The van der Waals surface area contributed by atoms with Crippen molar-refractivity contribution in [2.24, 2.45) is 0 Å². The predicted molar refractivity (Wildman–Crippen MR) is 57.4 cm³/mol. The number of hydrogen-bond donors (Lipinski definition) is 1. The average molecular weight is 204 g/mol. The van der Waals surface area contributed by atoms with Crippen LogP contribution >= 0.6 is 0 Å². The Morgan fingerprint density at radius 3 is 2.40 bits per heavy atom. The van der Waals surface area contributed by atoms with Crippen LogP contribution in [0.4, 0.5) is 0 Å². The van der Waals surface area contributed by atoms with Crippen molar-refractivity contribution in [3.8, 4) is 0 Å². The van der Waals surface area contributed by atoms with Gasteiger partial charge in [0, 0.05) is 10.9 Å². The van der Waals surface area contributed by atoms with Gasteiger partial charge in [0.1, 0.15) is 5.58 Å². The highest BCUT2D eigenvalue weighted by Crippen LogP contribution is 2.27. The molecule has 3 heteroatoms. The van der Waals surface area contributed by atoms with E-state index in [1.54, 1.807) is 6.92 Å². The molecule has 0 amide bonds. The van der Waals surface area contributed by atoms with Crippen LogP contribution in [0.3, 0.4) is 0 Å². The molecule has 1 N–H and O–H groups in total. The molecular weight excluding hydrogens is 192 g/mol. The van der Waals surface area contributed by atoms with Crippen molar-refractivity contribution in [3.05, 3.63) is 34.6 Å². The summed E-state index contributed by atoms with van der Waals surface area (Å²) >= 11 is 0. The molecule has 1 aromatic carbocycles. The lowest BCUT2D eigenvalue weighted by molar-refractivity contribution is 0.0664. The molecule has 0 aliphatic carbocycles. The highest BCUT2D eigenvalue weighted by Gasteiger charge is 2.16. The third-order valence-electron chi connectivity index (χ3n) is 2.75. The average Bonchev–Trinajstić information content (AvgIpc) is 2.46. The molecule has 0 radical (unpaired) electrons. The highest BCUT2D eigenvalue weighted by atomic mass is 16.4. The van der Waals surface area contributed by atoms with Crippen molar-refractivity contribution in [2.45, 2.75) is 20.8 Å². The van der Waals surface area contributed by atoms with E-state index in [1.165, 1.54) is 0 Å². The number of carboxylic acid groups (broad SMARTS) is 1. The minimum atomic E-state index is -1.01. The third-order valence-corrected chi connectivity index (χ3v) is 2.75. The predicted octanol–water partition coefficient (Wildman–Crippen LogP) is 3.06. The summed E-state index contributed by atoms with van der Waals surface area (Å²) in [7, 11) is 0. The molecule has 0 unspecified atom stereocenters. The van der Waals surface area contributed by atoms with Crippen molar-refractivity contribution in [1.82, 2.24) is 0 Å². The van der Waals surface area contributed by atoms with Crippen LogP contribution in [0, 0.1) is 20.8 Å². The third kappa shape index (κ3) is 1.40. The number of aromatic carboxylic acids is 1. The number of hydrogen-bond acceptors (Lipinski definition) is 2. The molecule has 78 valence electrons. The van der Waals surface area contributed by atoms with Crippen molar-refractivity contribution < 1.29 is 14.3 Å². The fourth-order valence-corrected chi connectivity index (χ4v) is 1.68. The van der Waals surface area contributed by atoms with E-state index in [9.17, 15) is 4.79 Å². The summed E-state index contributed by atoms with van der Waals surface area (Å²) in [6.07, 6.45) is 0. The number of carbonyl (C=O) groups is 1. The van der Waals surface area contributed by atoms with Gasteiger partial charge in [0.05, 0.1) is 0 Å². The number of rotatable bonds is 1.